The maximum Gasteiger partial charge on any atom is 0.222 e. The number of rotatable bonds is 3. The van der Waals surface area contributed by atoms with Crippen LogP contribution in [0.5, 0.6) is 0 Å². The van der Waals surface area contributed by atoms with E-state index in [1.807, 2.05) is 0 Å². The first-order valence-electron chi connectivity index (χ1n) is 8.46. The first-order chi connectivity index (χ1) is 11.3. The predicted octanol–water partition coefficient (Wildman–Crippen LogP) is 2.41. The Balaban J connectivity index is 1.44. The van der Waals surface area contributed by atoms with E-state index in [0.29, 0.717) is 11.9 Å². The lowest BCUT2D eigenvalue weighted by atomic mass is 9.90. The molecule has 3 heterocycles. The summed E-state index contributed by atoms with van der Waals surface area (Å²) in [6.45, 7) is 4.23. The van der Waals surface area contributed by atoms with Gasteiger partial charge in [0.25, 0.3) is 0 Å². The van der Waals surface area contributed by atoms with Crippen molar-refractivity contribution >= 4 is 11.8 Å². The molecule has 1 aromatic carbocycles. The summed E-state index contributed by atoms with van der Waals surface area (Å²) in [6, 6.07) is 10.7. The standard InChI is InChI=1S/C18H23N5/c19-18-21-16(15-6-9-20-17(15)22-18)14-7-10-23(11-8-14)12-13-4-2-1-3-5-13/h1-5,14H,6-12H2,(H3,19,20,21,22). The van der Waals surface area contributed by atoms with Gasteiger partial charge in [0.1, 0.15) is 5.82 Å². The molecule has 0 saturated carbocycles. The number of anilines is 2. The van der Waals surface area contributed by atoms with Crippen molar-refractivity contribution in [3.63, 3.8) is 0 Å². The lowest BCUT2D eigenvalue weighted by Crippen LogP contribution is -2.33. The Morgan fingerprint density at radius 1 is 1.13 bits per heavy atom. The maximum absolute atomic E-state index is 5.90. The van der Waals surface area contributed by atoms with Crippen molar-refractivity contribution in [1.29, 1.82) is 0 Å². The highest BCUT2D eigenvalue weighted by molar-refractivity contribution is 5.54. The third-order valence-corrected chi connectivity index (χ3v) is 4.95. The minimum atomic E-state index is 0.403. The normalized spacial score (nSPS) is 18.6. The zero-order chi connectivity index (χ0) is 15.6. The SMILES string of the molecule is Nc1nc2c(c(C3CCN(Cc4ccccc4)CC3)n1)CCN2. The summed E-state index contributed by atoms with van der Waals surface area (Å²) in [5, 5.41) is 3.32. The number of hydrogen-bond acceptors (Lipinski definition) is 5. The summed E-state index contributed by atoms with van der Waals surface area (Å²) < 4.78 is 0. The number of benzene rings is 1. The molecule has 0 aliphatic carbocycles. The monoisotopic (exact) mass is 309 g/mol. The molecule has 0 bridgehead atoms. The summed E-state index contributed by atoms with van der Waals surface area (Å²) in [7, 11) is 0. The molecule has 120 valence electrons. The quantitative estimate of drug-likeness (QED) is 0.911. The number of hydrogen-bond donors (Lipinski definition) is 2. The molecule has 0 unspecified atom stereocenters. The van der Waals surface area contributed by atoms with E-state index in [1.54, 1.807) is 0 Å². The molecule has 0 spiro atoms. The number of nitrogens with two attached hydrogens (primary N) is 1. The van der Waals surface area contributed by atoms with Crippen LogP contribution in [0.15, 0.2) is 30.3 Å². The van der Waals surface area contributed by atoms with Crippen LogP contribution in [0, 0.1) is 0 Å². The first kappa shape index (κ1) is 14.5. The van der Waals surface area contributed by atoms with Gasteiger partial charge < -0.3 is 11.1 Å². The molecule has 2 aromatic rings. The second-order valence-corrected chi connectivity index (χ2v) is 6.51. The molecule has 0 amide bonds. The average Bonchev–Trinajstić information content (AvgIpc) is 3.04. The molecule has 1 saturated heterocycles. The average molecular weight is 309 g/mol. The Morgan fingerprint density at radius 3 is 2.70 bits per heavy atom. The molecule has 3 N–H and O–H groups in total. The lowest BCUT2D eigenvalue weighted by molar-refractivity contribution is 0.203. The summed E-state index contributed by atoms with van der Waals surface area (Å²) in [6.07, 6.45) is 3.32. The minimum absolute atomic E-state index is 0.403. The van der Waals surface area contributed by atoms with E-state index in [-0.39, 0.29) is 0 Å². The van der Waals surface area contributed by atoms with E-state index in [2.05, 4.69) is 50.5 Å². The molecule has 5 heteroatoms. The fourth-order valence-corrected chi connectivity index (χ4v) is 3.76. The molecule has 2 aliphatic heterocycles. The predicted molar refractivity (Wildman–Crippen MR) is 92.3 cm³/mol. The van der Waals surface area contributed by atoms with Gasteiger partial charge in [-0.15, -0.1) is 0 Å². The van der Waals surface area contributed by atoms with E-state index in [0.717, 1.165) is 51.3 Å². The molecular formula is C18H23N5. The smallest absolute Gasteiger partial charge is 0.222 e. The van der Waals surface area contributed by atoms with E-state index in [1.165, 1.54) is 16.8 Å². The highest BCUT2D eigenvalue weighted by Crippen LogP contribution is 2.34. The number of nitrogen functional groups attached to an aromatic ring is 1. The van der Waals surface area contributed by atoms with Gasteiger partial charge in [-0.05, 0) is 37.9 Å². The van der Waals surface area contributed by atoms with Crippen molar-refractivity contribution in [2.24, 2.45) is 0 Å². The Hall–Kier alpha value is -2.14. The lowest BCUT2D eigenvalue weighted by Gasteiger charge is -2.32. The van der Waals surface area contributed by atoms with Gasteiger partial charge in [0, 0.05) is 24.6 Å². The zero-order valence-corrected chi connectivity index (χ0v) is 13.3. The largest absolute Gasteiger partial charge is 0.369 e. The van der Waals surface area contributed by atoms with Crippen LogP contribution in [0.2, 0.25) is 0 Å². The number of likely N-dealkylation sites (tertiary alicyclic amines) is 1. The molecule has 1 aromatic heterocycles. The fourth-order valence-electron chi connectivity index (χ4n) is 3.76. The van der Waals surface area contributed by atoms with Crippen LogP contribution in [0.1, 0.15) is 35.6 Å². The van der Waals surface area contributed by atoms with Gasteiger partial charge in [0.05, 0.1) is 5.69 Å². The van der Waals surface area contributed by atoms with Crippen LogP contribution >= 0.6 is 0 Å². The zero-order valence-electron chi connectivity index (χ0n) is 13.3. The number of piperidine rings is 1. The van der Waals surface area contributed by atoms with Crippen molar-refractivity contribution in [3.8, 4) is 0 Å². The van der Waals surface area contributed by atoms with E-state index < -0.39 is 0 Å². The number of aromatic nitrogens is 2. The van der Waals surface area contributed by atoms with Gasteiger partial charge in [-0.25, -0.2) is 4.98 Å². The van der Waals surface area contributed by atoms with Crippen molar-refractivity contribution in [1.82, 2.24) is 14.9 Å². The molecule has 0 radical (unpaired) electrons. The van der Waals surface area contributed by atoms with Crippen LogP contribution in [-0.4, -0.2) is 34.5 Å². The number of nitrogens with zero attached hydrogens (tertiary/aromatic N) is 3. The minimum Gasteiger partial charge on any atom is -0.369 e. The van der Waals surface area contributed by atoms with Crippen molar-refractivity contribution in [2.75, 3.05) is 30.7 Å². The summed E-state index contributed by atoms with van der Waals surface area (Å²) >= 11 is 0. The van der Waals surface area contributed by atoms with Crippen LogP contribution in [0.4, 0.5) is 11.8 Å². The Labute approximate surface area is 136 Å². The second kappa shape index (κ2) is 6.16. The van der Waals surface area contributed by atoms with Gasteiger partial charge in [0.15, 0.2) is 0 Å². The molecule has 4 rings (SSSR count). The van der Waals surface area contributed by atoms with Gasteiger partial charge in [-0.3, -0.25) is 4.90 Å². The van der Waals surface area contributed by atoms with Gasteiger partial charge in [0.2, 0.25) is 5.95 Å². The molecule has 1 fully saturated rings. The summed E-state index contributed by atoms with van der Waals surface area (Å²) in [5.41, 5.74) is 9.77. The highest BCUT2D eigenvalue weighted by Gasteiger charge is 2.27. The van der Waals surface area contributed by atoms with Crippen molar-refractivity contribution in [3.05, 3.63) is 47.2 Å². The highest BCUT2D eigenvalue weighted by atomic mass is 15.1. The molecular weight excluding hydrogens is 286 g/mol. The molecule has 5 nitrogen and oxygen atoms in total. The van der Waals surface area contributed by atoms with Gasteiger partial charge >= 0.3 is 0 Å². The van der Waals surface area contributed by atoms with E-state index in [4.69, 9.17) is 5.73 Å². The molecule has 0 atom stereocenters. The van der Waals surface area contributed by atoms with Crippen molar-refractivity contribution in [2.45, 2.75) is 31.7 Å². The molecule has 2 aliphatic rings. The van der Waals surface area contributed by atoms with Crippen LogP contribution < -0.4 is 11.1 Å². The van der Waals surface area contributed by atoms with E-state index >= 15 is 0 Å². The van der Waals surface area contributed by atoms with Gasteiger partial charge in [-0.2, -0.15) is 4.98 Å². The fraction of sp³-hybridized carbons (Fsp3) is 0.444. The Bertz CT molecular complexity index is 677. The number of nitrogens with one attached hydrogen (secondary N) is 1. The topological polar surface area (TPSA) is 67.1 Å². The van der Waals surface area contributed by atoms with E-state index in [9.17, 15) is 0 Å². The van der Waals surface area contributed by atoms with Crippen LogP contribution in [0.3, 0.4) is 0 Å². The third kappa shape index (κ3) is 3.01. The summed E-state index contributed by atoms with van der Waals surface area (Å²) in [4.78, 5) is 11.4. The van der Waals surface area contributed by atoms with Gasteiger partial charge in [-0.1, -0.05) is 30.3 Å². The number of fused-ring (bicyclic) bond motifs is 1. The molecule has 23 heavy (non-hydrogen) atoms. The van der Waals surface area contributed by atoms with Crippen LogP contribution in [0.25, 0.3) is 0 Å². The second-order valence-electron chi connectivity index (χ2n) is 6.51. The first-order valence-corrected chi connectivity index (χ1v) is 8.46. The Kier molecular flexibility index (Phi) is 3.87. The Morgan fingerprint density at radius 2 is 1.91 bits per heavy atom. The summed E-state index contributed by atoms with van der Waals surface area (Å²) in [5.74, 6) is 1.88. The maximum atomic E-state index is 5.90. The van der Waals surface area contributed by atoms with Crippen LogP contribution in [-0.2, 0) is 13.0 Å². The third-order valence-electron chi connectivity index (χ3n) is 4.95. The van der Waals surface area contributed by atoms with Crippen molar-refractivity contribution < 1.29 is 0 Å².